The number of rotatable bonds is 5. The van der Waals surface area contributed by atoms with Gasteiger partial charge in [-0.3, -0.25) is 9.78 Å². The molecule has 1 aliphatic rings. The molecule has 164 valence electrons. The van der Waals surface area contributed by atoms with Gasteiger partial charge in [0.15, 0.2) is 16.9 Å². The first-order valence-electron chi connectivity index (χ1n) is 9.86. The molecule has 5 rings (SSSR count). The van der Waals surface area contributed by atoms with Gasteiger partial charge in [0.05, 0.1) is 6.20 Å². The lowest BCUT2D eigenvalue weighted by Gasteiger charge is -2.18. The molecule has 0 saturated carbocycles. The molecule has 1 atom stereocenters. The summed E-state index contributed by atoms with van der Waals surface area (Å²) in [6.45, 7) is -2.54. The fraction of sp³-hybridized carbons (Fsp3) is 0.217. The average molecular weight is 461 g/mol. The number of likely N-dealkylation sites (tertiary alicyclic amines) is 1. The number of pyridine rings is 1. The number of nitrogens with zero attached hydrogens (tertiary/aromatic N) is 2. The number of hydrogen-bond donors (Lipinski definition) is 0. The van der Waals surface area contributed by atoms with Crippen molar-refractivity contribution in [2.45, 2.75) is 25.5 Å². The second-order valence-corrected chi connectivity index (χ2v) is 8.06. The van der Waals surface area contributed by atoms with Gasteiger partial charge in [-0.15, -0.1) is 0 Å². The van der Waals surface area contributed by atoms with Gasteiger partial charge in [-0.05, 0) is 29.8 Å². The first-order chi connectivity index (χ1) is 15.4. The van der Waals surface area contributed by atoms with Crippen LogP contribution in [0.15, 0.2) is 53.2 Å². The Morgan fingerprint density at radius 3 is 2.88 bits per heavy atom. The summed E-state index contributed by atoms with van der Waals surface area (Å²) in [7, 11) is 0. The summed E-state index contributed by atoms with van der Waals surface area (Å²) in [6.07, 6.45) is 3.29. The summed E-state index contributed by atoms with van der Waals surface area (Å²) in [4.78, 5) is 18.3. The molecule has 1 amide bonds. The van der Waals surface area contributed by atoms with Crippen molar-refractivity contribution in [3.63, 3.8) is 0 Å². The Balaban J connectivity index is 1.53. The van der Waals surface area contributed by atoms with Crippen molar-refractivity contribution in [1.29, 1.82) is 0 Å². The van der Waals surface area contributed by atoms with Gasteiger partial charge >= 0.3 is 6.61 Å². The van der Waals surface area contributed by atoms with Crippen LogP contribution in [0.1, 0.15) is 23.5 Å². The van der Waals surface area contributed by atoms with E-state index in [1.54, 1.807) is 35.4 Å². The van der Waals surface area contributed by atoms with Crippen molar-refractivity contribution in [3.05, 3.63) is 70.8 Å². The third-order valence-electron chi connectivity index (χ3n) is 5.67. The van der Waals surface area contributed by atoms with Gasteiger partial charge in [0.1, 0.15) is 5.82 Å². The fourth-order valence-corrected chi connectivity index (χ4v) is 4.41. The first kappa shape index (κ1) is 20.6. The second-order valence-electron chi connectivity index (χ2n) is 7.62. The molecular formula is C23H16ClF3N2O3. The highest BCUT2D eigenvalue weighted by atomic mass is 35.5. The van der Waals surface area contributed by atoms with Crippen LogP contribution < -0.4 is 4.74 Å². The van der Waals surface area contributed by atoms with Gasteiger partial charge < -0.3 is 14.1 Å². The molecular weight excluding hydrogens is 445 g/mol. The maximum Gasteiger partial charge on any atom is 0.387 e. The lowest BCUT2D eigenvalue weighted by Crippen LogP contribution is -2.25. The van der Waals surface area contributed by atoms with E-state index < -0.39 is 12.4 Å². The Hall–Kier alpha value is -3.26. The molecule has 0 radical (unpaired) electrons. The molecule has 0 bridgehead atoms. The van der Waals surface area contributed by atoms with E-state index >= 15 is 0 Å². The zero-order chi connectivity index (χ0) is 22.4. The lowest BCUT2D eigenvalue weighted by atomic mass is 9.93. The van der Waals surface area contributed by atoms with Crippen molar-refractivity contribution >= 4 is 39.4 Å². The number of halogens is 4. The molecule has 2 aromatic heterocycles. The Labute approximate surface area is 185 Å². The van der Waals surface area contributed by atoms with Gasteiger partial charge in [0.2, 0.25) is 5.91 Å². The number of alkyl halides is 2. The van der Waals surface area contributed by atoms with E-state index in [0.717, 1.165) is 5.56 Å². The molecule has 1 fully saturated rings. The summed E-state index contributed by atoms with van der Waals surface area (Å²) in [5.41, 5.74) is 1.76. The number of aromatic nitrogens is 1. The fourth-order valence-electron chi connectivity index (χ4n) is 4.25. The molecule has 9 heteroatoms. The zero-order valence-electron chi connectivity index (χ0n) is 16.5. The first-order valence-corrected chi connectivity index (χ1v) is 10.2. The molecule has 0 aliphatic carbocycles. The van der Waals surface area contributed by atoms with Crippen molar-refractivity contribution in [3.8, 4) is 5.75 Å². The minimum atomic E-state index is -3.01. The Kier molecular flexibility index (Phi) is 5.17. The minimum Gasteiger partial charge on any atom is -0.451 e. The number of ether oxygens (including phenoxy) is 1. The molecule has 1 aliphatic heterocycles. The normalized spacial score (nSPS) is 16.6. The van der Waals surface area contributed by atoms with Crippen molar-refractivity contribution in [2.24, 2.45) is 0 Å². The summed E-state index contributed by atoms with van der Waals surface area (Å²) in [5.74, 6) is -0.910. The van der Waals surface area contributed by atoms with Crippen molar-refractivity contribution < 1.29 is 27.1 Å². The predicted octanol–water partition coefficient (Wildman–Crippen LogP) is 5.89. The van der Waals surface area contributed by atoms with Crippen molar-refractivity contribution in [1.82, 2.24) is 9.88 Å². The smallest absolute Gasteiger partial charge is 0.387 e. The third kappa shape index (κ3) is 3.64. The summed E-state index contributed by atoms with van der Waals surface area (Å²) in [5, 5.41) is 1.59. The van der Waals surface area contributed by atoms with E-state index in [9.17, 15) is 18.0 Å². The van der Waals surface area contributed by atoms with Crippen LogP contribution in [-0.4, -0.2) is 28.9 Å². The lowest BCUT2D eigenvalue weighted by molar-refractivity contribution is -0.128. The largest absolute Gasteiger partial charge is 0.451 e. The van der Waals surface area contributed by atoms with Crippen molar-refractivity contribution in [2.75, 3.05) is 6.54 Å². The summed E-state index contributed by atoms with van der Waals surface area (Å²) < 4.78 is 50.5. The van der Waals surface area contributed by atoms with E-state index in [1.807, 2.05) is 0 Å². The topological polar surface area (TPSA) is 55.6 Å². The van der Waals surface area contributed by atoms with E-state index in [0.29, 0.717) is 28.5 Å². The van der Waals surface area contributed by atoms with E-state index in [2.05, 4.69) is 9.72 Å². The summed E-state index contributed by atoms with van der Waals surface area (Å²) in [6, 6.07) is 9.18. The van der Waals surface area contributed by atoms with Gasteiger partial charge in [-0.25, -0.2) is 4.39 Å². The van der Waals surface area contributed by atoms with Gasteiger partial charge in [-0.1, -0.05) is 23.7 Å². The minimum absolute atomic E-state index is 0.0839. The maximum atomic E-state index is 14.2. The quantitative estimate of drug-likeness (QED) is 0.372. The highest BCUT2D eigenvalue weighted by Gasteiger charge is 2.33. The van der Waals surface area contributed by atoms with Gasteiger partial charge in [0.25, 0.3) is 0 Å². The number of hydrogen-bond acceptors (Lipinski definition) is 4. The highest BCUT2D eigenvalue weighted by Crippen LogP contribution is 2.42. The third-order valence-corrected chi connectivity index (χ3v) is 5.90. The number of fused-ring (bicyclic) bond motifs is 3. The zero-order valence-corrected chi connectivity index (χ0v) is 17.3. The Morgan fingerprint density at radius 1 is 1.25 bits per heavy atom. The second kappa shape index (κ2) is 8.02. The number of carbonyl (C=O) groups excluding carboxylic acids is 1. The molecule has 2 aromatic carbocycles. The molecule has 0 spiro atoms. The summed E-state index contributed by atoms with van der Waals surface area (Å²) >= 11 is 5.81. The van der Waals surface area contributed by atoms with Gasteiger partial charge in [-0.2, -0.15) is 8.78 Å². The molecule has 1 saturated heterocycles. The molecule has 3 heterocycles. The average Bonchev–Trinajstić information content (AvgIpc) is 3.31. The maximum absolute atomic E-state index is 14.2. The predicted molar refractivity (Wildman–Crippen MR) is 112 cm³/mol. The standard InChI is InChI=1S/C23H16ClF3N2O3/c24-14-2-1-12(17(25)8-14)10-29-11-13(7-20(29)30)15-3-4-18(32-23(26)27)22-21(15)16-5-6-28-9-19(16)31-22/h1-6,8-9,13,23H,7,10-11H2. The van der Waals surface area contributed by atoms with Crippen LogP contribution in [0.25, 0.3) is 21.9 Å². The van der Waals surface area contributed by atoms with E-state index in [-0.39, 0.29) is 41.1 Å². The Morgan fingerprint density at radius 2 is 2.09 bits per heavy atom. The van der Waals surface area contributed by atoms with Crippen LogP contribution >= 0.6 is 11.6 Å². The molecule has 0 N–H and O–H groups in total. The van der Waals surface area contributed by atoms with Crippen LogP contribution in [0.5, 0.6) is 5.75 Å². The molecule has 32 heavy (non-hydrogen) atoms. The highest BCUT2D eigenvalue weighted by molar-refractivity contribution is 6.30. The molecule has 1 unspecified atom stereocenters. The van der Waals surface area contributed by atoms with Crippen LogP contribution in [0.4, 0.5) is 13.2 Å². The van der Waals surface area contributed by atoms with Crippen LogP contribution in [0.3, 0.4) is 0 Å². The van der Waals surface area contributed by atoms with E-state index in [1.165, 1.54) is 18.3 Å². The number of benzene rings is 2. The van der Waals surface area contributed by atoms with Crippen LogP contribution in [0, 0.1) is 5.82 Å². The van der Waals surface area contributed by atoms with Gasteiger partial charge in [0, 0.05) is 53.0 Å². The van der Waals surface area contributed by atoms with Crippen LogP contribution in [-0.2, 0) is 11.3 Å². The van der Waals surface area contributed by atoms with E-state index in [4.69, 9.17) is 16.0 Å². The number of amides is 1. The number of carbonyl (C=O) groups is 1. The molecule has 4 aromatic rings. The Bertz CT molecular complexity index is 1340. The SMILES string of the molecule is O=C1CC(c2ccc(OC(F)F)c3oc4cnccc4c23)CN1Cc1ccc(Cl)cc1F. The van der Waals surface area contributed by atoms with Crippen LogP contribution in [0.2, 0.25) is 5.02 Å². The molecule has 5 nitrogen and oxygen atoms in total. The number of furan rings is 1. The monoisotopic (exact) mass is 460 g/mol.